The normalized spacial score (nSPS) is 12.6. The molecule has 0 atom stereocenters. The molecule has 2 heterocycles. The van der Waals surface area contributed by atoms with Gasteiger partial charge in [-0.1, -0.05) is 115 Å². The molecule has 9 rings (SSSR count). The first-order chi connectivity index (χ1) is 22.3. The highest BCUT2D eigenvalue weighted by atomic mass is 15.0. The average Bonchev–Trinajstić information content (AvgIpc) is 3.48. The van der Waals surface area contributed by atoms with E-state index in [1.54, 1.807) is 0 Å². The van der Waals surface area contributed by atoms with Gasteiger partial charge in [-0.3, -0.25) is 0 Å². The summed E-state index contributed by atoms with van der Waals surface area (Å²) in [6, 6.07) is 52.8. The molecule has 0 unspecified atom stereocenters. The van der Waals surface area contributed by atoms with E-state index < -0.39 is 0 Å². The van der Waals surface area contributed by atoms with Gasteiger partial charge in [-0.15, -0.1) is 0 Å². The zero-order valence-corrected chi connectivity index (χ0v) is 24.8. The largest absolute Gasteiger partial charge is 0.309 e. The van der Waals surface area contributed by atoms with Gasteiger partial charge in [0.1, 0.15) is 0 Å². The summed E-state index contributed by atoms with van der Waals surface area (Å²) in [5.74, 6) is 0. The zero-order chi connectivity index (χ0) is 29.7. The molecule has 1 aliphatic carbocycles. The molecule has 2 nitrogen and oxygen atoms in total. The maximum absolute atomic E-state index is 2.40. The molecular formula is C43H30N2. The molecule has 0 N–H and O–H groups in total. The van der Waals surface area contributed by atoms with Crippen LogP contribution in [0, 0.1) is 0 Å². The van der Waals surface area contributed by atoms with E-state index >= 15 is 0 Å². The van der Waals surface area contributed by atoms with Crippen LogP contribution in [0.3, 0.4) is 0 Å². The van der Waals surface area contributed by atoms with Gasteiger partial charge in [-0.25, -0.2) is 0 Å². The first kappa shape index (κ1) is 25.6. The number of fused-ring (bicyclic) bond motifs is 6. The molecule has 0 fully saturated rings. The second-order valence-corrected chi connectivity index (χ2v) is 11.7. The Hall–Kier alpha value is -5.86. The molecule has 0 saturated carbocycles. The number of aromatic nitrogens is 2. The van der Waals surface area contributed by atoms with Crippen molar-refractivity contribution in [1.29, 1.82) is 0 Å². The summed E-state index contributed by atoms with van der Waals surface area (Å²) in [6.07, 6.45) is 10.0. The Bertz CT molecular complexity index is 2360. The van der Waals surface area contributed by atoms with E-state index in [-0.39, 0.29) is 0 Å². The van der Waals surface area contributed by atoms with Crippen LogP contribution in [-0.4, -0.2) is 9.13 Å². The van der Waals surface area contributed by atoms with E-state index in [4.69, 9.17) is 0 Å². The maximum atomic E-state index is 2.40. The summed E-state index contributed by atoms with van der Waals surface area (Å²) in [5, 5.41) is 3.84. The van der Waals surface area contributed by atoms with Gasteiger partial charge in [0.25, 0.3) is 0 Å². The Morgan fingerprint density at radius 2 is 0.889 bits per heavy atom. The highest BCUT2D eigenvalue weighted by Gasteiger charge is 2.17. The third-order valence-corrected chi connectivity index (χ3v) is 9.15. The first-order valence-electron chi connectivity index (χ1n) is 15.6. The van der Waals surface area contributed by atoms with Gasteiger partial charge in [-0.2, -0.15) is 0 Å². The minimum atomic E-state index is 0.943. The Kier molecular flexibility index (Phi) is 5.92. The van der Waals surface area contributed by atoms with Crippen LogP contribution in [0.4, 0.5) is 0 Å². The number of nitrogens with zero attached hydrogens (tertiary/aromatic N) is 2. The highest BCUT2D eigenvalue weighted by Crippen LogP contribution is 2.37. The third kappa shape index (κ3) is 4.18. The summed E-state index contributed by atoms with van der Waals surface area (Å²) in [5.41, 5.74) is 13.4. The Labute approximate surface area is 262 Å². The molecule has 0 saturated heterocycles. The molecule has 0 amide bonds. The lowest BCUT2D eigenvalue weighted by molar-refractivity contribution is 1.11. The van der Waals surface area contributed by atoms with Crippen molar-refractivity contribution in [2.24, 2.45) is 0 Å². The van der Waals surface area contributed by atoms with Crippen LogP contribution in [0.2, 0.25) is 0 Å². The topological polar surface area (TPSA) is 9.86 Å². The van der Waals surface area contributed by atoms with Gasteiger partial charge < -0.3 is 9.13 Å². The SMILES string of the molecule is C1=Cc2c(n(-c3ccc(-c4ccc(-n5c6ccccc6c6ccccc65)cc4)cc3)c3ccc(-c4ccccc4)cc23)C=CC1. The van der Waals surface area contributed by atoms with Crippen LogP contribution < -0.4 is 0 Å². The Balaban J connectivity index is 1.10. The molecule has 8 aromatic rings. The van der Waals surface area contributed by atoms with Crippen molar-refractivity contribution < 1.29 is 0 Å². The zero-order valence-electron chi connectivity index (χ0n) is 24.8. The van der Waals surface area contributed by atoms with Crippen molar-refractivity contribution >= 4 is 44.9 Å². The lowest BCUT2D eigenvalue weighted by atomic mass is 10.0. The number of para-hydroxylation sites is 2. The smallest absolute Gasteiger partial charge is 0.0541 e. The lowest BCUT2D eigenvalue weighted by Crippen LogP contribution is -1.97. The van der Waals surface area contributed by atoms with E-state index in [1.807, 2.05) is 0 Å². The molecule has 0 radical (unpaired) electrons. The molecule has 6 aromatic carbocycles. The summed E-state index contributed by atoms with van der Waals surface area (Å²) in [4.78, 5) is 0. The van der Waals surface area contributed by atoms with Crippen LogP contribution in [-0.2, 0) is 0 Å². The maximum Gasteiger partial charge on any atom is 0.0541 e. The Morgan fingerprint density at radius 3 is 1.56 bits per heavy atom. The fraction of sp³-hybridized carbons (Fsp3) is 0.0233. The van der Waals surface area contributed by atoms with Crippen LogP contribution in [0.15, 0.2) is 158 Å². The third-order valence-electron chi connectivity index (χ3n) is 9.15. The minimum Gasteiger partial charge on any atom is -0.309 e. The van der Waals surface area contributed by atoms with E-state index in [2.05, 4.69) is 179 Å². The summed E-state index contributed by atoms with van der Waals surface area (Å²) in [7, 11) is 0. The molecule has 0 aliphatic heterocycles. The van der Waals surface area contributed by atoms with E-state index in [0.717, 1.165) is 6.42 Å². The van der Waals surface area contributed by atoms with Crippen molar-refractivity contribution in [3.8, 4) is 33.6 Å². The van der Waals surface area contributed by atoms with E-state index in [0.29, 0.717) is 0 Å². The van der Waals surface area contributed by atoms with Crippen molar-refractivity contribution in [3.05, 3.63) is 169 Å². The van der Waals surface area contributed by atoms with Crippen molar-refractivity contribution in [2.75, 3.05) is 0 Å². The van der Waals surface area contributed by atoms with Crippen LogP contribution in [0.1, 0.15) is 17.7 Å². The molecule has 45 heavy (non-hydrogen) atoms. The quantitative estimate of drug-likeness (QED) is 0.198. The molecular weight excluding hydrogens is 544 g/mol. The second-order valence-electron chi connectivity index (χ2n) is 11.7. The number of allylic oxidation sites excluding steroid dienone is 2. The number of benzene rings is 6. The van der Waals surface area contributed by atoms with Gasteiger partial charge in [-0.05, 0) is 83.3 Å². The van der Waals surface area contributed by atoms with Gasteiger partial charge >= 0.3 is 0 Å². The van der Waals surface area contributed by atoms with Crippen LogP contribution >= 0.6 is 0 Å². The fourth-order valence-corrected chi connectivity index (χ4v) is 7.01. The monoisotopic (exact) mass is 574 g/mol. The molecule has 0 bridgehead atoms. The van der Waals surface area contributed by atoms with E-state index in [9.17, 15) is 0 Å². The average molecular weight is 575 g/mol. The van der Waals surface area contributed by atoms with E-state index in [1.165, 1.54) is 77.6 Å². The lowest BCUT2D eigenvalue weighted by Gasteiger charge is -2.12. The number of hydrogen-bond acceptors (Lipinski definition) is 0. The van der Waals surface area contributed by atoms with Gasteiger partial charge in [0.15, 0.2) is 0 Å². The summed E-state index contributed by atoms with van der Waals surface area (Å²) in [6.45, 7) is 0. The van der Waals surface area contributed by atoms with Crippen molar-refractivity contribution in [1.82, 2.24) is 9.13 Å². The first-order valence-corrected chi connectivity index (χ1v) is 15.6. The minimum absolute atomic E-state index is 0.943. The predicted molar refractivity (Wildman–Crippen MR) is 191 cm³/mol. The van der Waals surface area contributed by atoms with Crippen LogP contribution in [0.5, 0.6) is 0 Å². The van der Waals surface area contributed by atoms with Crippen molar-refractivity contribution in [2.45, 2.75) is 6.42 Å². The van der Waals surface area contributed by atoms with Gasteiger partial charge in [0.2, 0.25) is 0 Å². The fourth-order valence-electron chi connectivity index (χ4n) is 7.01. The highest BCUT2D eigenvalue weighted by molar-refractivity contribution is 6.09. The molecule has 1 aliphatic rings. The molecule has 2 aromatic heterocycles. The summed E-state index contributed by atoms with van der Waals surface area (Å²) < 4.78 is 4.77. The van der Waals surface area contributed by atoms with Crippen LogP contribution in [0.25, 0.3) is 78.5 Å². The Morgan fingerprint density at radius 1 is 0.378 bits per heavy atom. The molecule has 0 spiro atoms. The van der Waals surface area contributed by atoms with Crippen molar-refractivity contribution in [3.63, 3.8) is 0 Å². The molecule has 212 valence electrons. The number of rotatable bonds is 4. The number of hydrogen-bond donors (Lipinski definition) is 0. The molecule has 2 heteroatoms. The van der Waals surface area contributed by atoms with Gasteiger partial charge in [0.05, 0.1) is 22.2 Å². The second kappa shape index (κ2) is 10.4. The summed E-state index contributed by atoms with van der Waals surface area (Å²) >= 11 is 0. The predicted octanol–water partition coefficient (Wildman–Crippen LogP) is 11.5. The standard InChI is InChI=1S/C43H30N2/c1-3-11-30(12-4-1)33-23-28-43-39(29-33)38-13-5-2-6-16-42(38)45(43)35-26-21-32(22-27-35)31-19-24-34(25-20-31)44-40-17-9-7-14-36(40)37-15-8-10-18-41(37)44/h1,3-29H,2H2. The van der Waals surface area contributed by atoms with Gasteiger partial charge in [0, 0.05) is 33.1 Å².